The summed E-state index contributed by atoms with van der Waals surface area (Å²) in [5, 5.41) is 0. The molecule has 1 aromatic heterocycles. The van der Waals surface area contributed by atoms with Crippen molar-refractivity contribution in [1.29, 1.82) is 0 Å². The Morgan fingerprint density at radius 1 is 1.30 bits per heavy atom. The Morgan fingerprint density at radius 3 is 2.57 bits per heavy atom. The van der Waals surface area contributed by atoms with Gasteiger partial charge in [0.05, 0.1) is 11.9 Å². The first kappa shape index (κ1) is 15.3. The summed E-state index contributed by atoms with van der Waals surface area (Å²) in [6.07, 6.45) is 4.80. The van der Waals surface area contributed by atoms with Crippen molar-refractivity contribution in [2.24, 2.45) is 5.73 Å². The van der Waals surface area contributed by atoms with Gasteiger partial charge in [0, 0.05) is 32.0 Å². The molecule has 3 heterocycles. The Balaban J connectivity index is 2.02. The topological polar surface area (TPSA) is 82.8 Å². The number of pyridine rings is 1. The molecule has 2 aliphatic heterocycles. The average molecular weight is 315 g/mol. The quantitative estimate of drug-likeness (QED) is 0.878. The highest BCUT2D eigenvalue weighted by molar-refractivity contribution is 5.97. The number of likely N-dealkylation sites (N-methyl/N-ethyl adjacent to an activating group) is 1. The maximum absolute atomic E-state index is 13.0. The van der Waals surface area contributed by atoms with Gasteiger partial charge in [-0.25, -0.2) is 0 Å². The zero-order valence-corrected chi connectivity index (χ0v) is 13.4. The van der Waals surface area contributed by atoms with Gasteiger partial charge in [-0.15, -0.1) is 0 Å². The van der Waals surface area contributed by atoms with Crippen molar-refractivity contribution < 1.29 is 9.59 Å². The van der Waals surface area contributed by atoms with Gasteiger partial charge in [0.25, 0.3) is 11.8 Å². The number of carbonyl (C=O) groups excluding carboxylic acids is 2. The van der Waals surface area contributed by atoms with Crippen LogP contribution in [0.2, 0.25) is 0 Å². The zero-order chi connectivity index (χ0) is 16.6. The molecule has 3 rings (SSSR count). The first-order chi connectivity index (χ1) is 11.0. The standard InChI is InChI=1S/C16H21N5O2/c1-11-13(14(17)22)19(2)15(16(23)20-8-3-4-9-20)21(11)12-6-5-7-18-10-12/h5-7,10,15H,3-4,8-9H2,1-2H3,(H2,17,22). The number of aromatic nitrogens is 1. The molecule has 23 heavy (non-hydrogen) atoms. The van der Waals surface area contributed by atoms with E-state index in [4.69, 9.17) is 5.73 Å². The minimum atomic E-state index is -0.597. The van der Waals surface area contributed by atoms with E-state index in [0.717, 1.165) is 31.6 Å². The van der Waals surface area contributed by atoms with Crippen LogP contribution in [0.25, 0.3) is 0 Å². The molecular weight excluding hydrogens is 294 g/mol. The molecule has 0 bridgehead atoms. The number of likely N-dealkylation sites (tertiary alicyclic amines) is 1. The molecule has 7 heteroatoms. The largest absolute Gasteiger partial charge is 0.364 e. The molecule has 1 fully saturated rings. The maximum atomic E-state index is 13.0. The van der Waals surface area contributed by atoms with Crippen molar-refractivity contribution in [1.82, 2.24) is 14.8 Å². The molecule has 1 atom stereocenters. The van der Waals surface area contributed by atoms with Crippen molar-refractivity contribution in [2.45, 2.75) is 25.9 Å². The Bertz CT molecular complexity index is 652. The second-order valence-corrected chi connectivity index (χ2v) is 5.90. The summed E-state index contributed by atoms with van der Waals surface area (Å²) in [5.74, 6) is -0.542. The number of allylic oxidation sites excluding steroid dienone is 1. The van der Waals surface area contributed by atoms with Gasteiger partial charge in [-0.1, -0.05) is 0 Å². The molecule has 0 saturated carbocycles. The van der Waals surface area contributed by atoms with E-state index in [1.54, 1.807) is 31.3 Å². The van der Waals surface area contributed by atoms with E-state index >= 15 is 0 Å². The summed E-state index contributed by atoms with van der Waals surface area (Å²) in [4.78, 5) is 34.3. The van der Waals surface area contributed by atoms with Crippen molar-refractivity contribution in [3.63, 3.8) is 0 Å². The van der Waals surface area contributed by atoms with Crippen molar-refractivity contribution in [2.75, 3.05) is 25.0 Å². The minimum absolute atomic E-state index is 0.00977. The zero-order valence-electron chi connectivity index (χ0n) is 13.4. The predicted molar refractivity (Wildman–Crippen MR) is 86.0 cm³/mol. The lowest BCUT2D eigenvalue weighted by molar-refractivity contribution is -0.134. The van der Waals surface area contributed by atoms with E-state index in [9.17, 15) is 9.59 Å². The smallest absolute Gasteiger partial charge is 0.266 e. The number of amides is 2. The molecule has 1 unspecified atom stereocenters. The van der Waals surface area contributed by atoms with Gasteiger partial charge >= 0.3 is 0 Å². The number of hydrogen-bond acceptors (Lipinski definition) is 5. The maximum Gasteiger partial charge on any atom is 0.266 e. The van der Waals surface area contributed by atoms with Crippen LogP contribution in [-0.4, -0.2) is 52.9 Å². The normalized spacial score (nSPS) is 21.3. The van der Waals surface area contributed by atoms with Crippen LogP contribution in [0.3, 0.4) is 0 Å². The van der Waals surface area contributed by atoms with Gasteiger partial charge in [-0.2, -0.15) is 0 Å². The third kappa shape index (κ3) is 2.52. The van der Waals surface area contributed by atoms with E-state index in [1.165, 1.54) is 0 Å². The highest BCUT2D eigenvalue weighted by Crippen LogP contribution is 2.33. The third-order valence-electron chi connectivity index (χ3n) is 4.46. The Hall–Kier alpha value is -2.57. The fourth-order valence-electron chi connectivity index (χ4n) is 3.41. The predicted octanol–water partition coefficient (Wildman–Crippen LogP) is 0.499. The van der Waals surface area contributed by atoms with E-state index < -0.39 is 12.1 Å². The first-order valence-electron chi connectivity index (χ1n) is 7.74. The van der Waals surface area contributed by atoms with Crippen molar-refractivity contribution in [3.8, 4) is 0 Å². The molecule has 0 spiro atoms. The second-order valence-electron chi connectivity index (χ2n) is 5.90. The first-order valence-corrected chi connectivity index (χ1v) is 7.74. The molecule has 122 valence electrons. The van der Waals surface area contributed by atoms with Gasteiger partial charge < -0.3 is 20.4 Å². The molecule has 0 radical (unpaired) electrons. The van der Waals surface area contributed by atoms with Crippen LogP contribution in [0.4, 0.5) is 5.69 Å². The van der Waals surface area contributed by atoms with Crippen LogP contribution in [0.15, 0.2) is 35.9 Å². The molecule has 2 N–H and O–H groups in total. The molecular formula is C16H21N5O2. The molecule has 2 aliphatic rings. The average Bonchev–Trinajstić information content (AvgIpc) is 3.14. The highest BCUT2D eigenvalue weighted by atomic mass is 16.2. The van der Waals surface area contributed by atoms with Crippen LogP contribution >= 0.6 is 0 Å². The lowest BCUT2D eigenvalue weighted by Gasteiger charge is -2.33. The molecule has 1 aromatic rings. The number of nitrogens with zero attached hydrogens (tertiary/aromatic N) is 4. The van der Waals surface area contributed by atoms with Crippen molar-refractivity contribution >= 4 is 17.5 Å². The van der Waals surface area contributed by atoms with E-state index in [0.29, 0.717) is 11.4 Å². The Morgan fingerprint density at radius 2 is 2.00 bits per heavy atom. The van der Waals surface area contributed by atoms with Gasteiger partial charge in [0.15, 0.2) is 6.17 Å². The van der Waals surface area contributed by atoms with Gasteiger partial charge in [0.1, 0.15) is 5.70 Å². The summed E-state index contributed by atoms with van der Waals surface area (Å²) >= 11 is 0. The second kappa shape index (κ2) is 5.91. The third-order valence-corrected chi connectivity index (χ3v) is 4.46. The fraction of sp³-hybridized carbons (Fsp3) is 0.438. The number of carbonyl (C=O) groups is 2. The molecule has 7 nitrogen and oxygen atoms in total. The van der Waals surface area contributed by atoms with Crippen LogP contribution in [0.1, 0.15) is 19.8 Å². The van der Waals surface area contributed by atoms with Crippen LogP contribution in [0, 0.1) is 0 Å². The number of hydrogen-bond donors (Lipinski definition) is 1. The lowest BCUT2D eigenvalue weighted by atomic mass is 10.3. The fourth-order valence-corrected chi connectivity index (χ4v) is 3.41. The molecule has 1 saturated heterocycles. The van der Waals surface area contributed by atoms with Gasteiger partial charge in [-0.05, 0) is 31.9 Å². The summed E-state index contributed by atoms with van der Waals surface area (Å²) in [6.45, 7) is 3.32. The summed E-state index contributed by atoms with van der Waals surface area (Å²) in [7, 11) is 1.73. The van der Waals surface area contributed by atoms with Gasteiger partial charge in [-0.3, -0.25) is 14.6 Å². The number of rotatable bonds is 3. The summed E-state index contributed by atoms with van der Waals surface area (Å²) in [5.41, 5.74) is 7.34. The number of nitrogens with two attached hydrogens (primary N) is 1. The monoisotopic (exact) mass is 315 g/mol. The lowest BCUT2D eigenvalue weighted by Crippen LogP contribution is -2.51. The van der Waals surface area contributed by atoms with Crippen molar-refractivity contribution in [3.05, 3.63) is 35.9 Å². The van der Waals surface area contributed by atoms with Gasteiger partial charge in [0.2, 0.25) is 0 Å². The molecule has 0 aromatic carbocycles. The Kier molecular flexibility index (Phi) is 3.94. The summed E-state index contributed by atoms with van der Waals surface area (Å²) < 4.78 is 0. The van der Waals surface area contributed by atoms with E-state index in [2.05, 4.69) is 4.98 Å². The van der Waals surface area contributed by atoms with E-state index in [1.807, 2.05) is 21.9 Å². The molecule has 0 aliphatic carbocycles. The summed E-state index contributed by atoms with van der Waals surface area (Å²) in [6, 6.07) is 3.68. The van der Waals surface area contributed by atoms with Crippen LogP contribution < -0.4 is 10.6 Å². The number of anilines is 1. The molecule has 2 amide bonds. The minimum Gasteiger partial charge on any atom is -0.364 e. The SMILES string of the molecule is CC1=C(C(N)=O)N(C)C(C(=O)N2CCCC2)N1c1cccnc1. The van der Waals surface area contributed by atoms with Crippen LogP contribution in [-0.2, 0) is 9.59 Å². The van der Waals surface area contributed by atoms with Crippen LogP contribution in [0.5, 0.6) is 0 Å². The number of primary amides is 1. The highest BCUT2D eigenvalue weighted by Gasteiger charge is 2.43. The Labute approximate surface area is 135 Å². The van der Waals surface area contributed by atoms with E-state index in [-0.39, 0.29) is 5.91 Å².